The Morgan fingerprint density at radius 1 is 1.10 bits per heavy atom. The highest BCUT2D eigenvalue weighted by molar-refractivity contribution is 7.14. The van der Waals surface area contributed by atoms with Gasteiger partial charge in [0.2, 0.25) is 0 Å². The van der Waals surface area contributed by atoms with E-state index in [0.29, 0.717) is 17.5 Å². The molecule has 0 atom stereocenters. The maximum atomic E-state index is 14.0. The van der Waals surface area contributed by atoms with Gasteiger partial charge in [-0.05, 0) is 30.3 Å². The molecule has 0 bridgehead atoms. The molecular formula is C20H16F2N2O4S. The molecule has 150 valence electrons. The first-order valence-corrected chi connectivity index (χ1v) is 9.33. The second-order valence-electron chi connectivity index (χ2n) is 6.09. The lowest BCUT2D eigenvalue weighted by Crippen LogP contribution is -2.23. The first kappa shape index (κ1) is 20.4. The van der Waals surface area contributed by atoms with Crippen LogP contribution in [0.25, 0.3) is 5.00 Å². The number of aromatic nitrogens is 1. The van der Waals surface area contributed by atoms with E-state index in [1.54, 1.807) is 12.1 Å². The Balaban J connectivity index is 1.96. The van der Waals surface area contributed by atoms with E-state index in [4.69, 9.17) is 10.5 Å². The topological polar surface area (TPSA) is 91.4 Å². The third-order valence-electron chi connectivity index (χ3n) is 4.07. The number of carbonyl (C=O) groups excluding carboxylic acids is 2. The number of hydrogen-bond donors (Lipinski definition) is 1. The van der Waals surface area contributed by atoms with E-state index >= 15 is 0 Å². The lowest BCUT2D eigenvalue weighted by molar-refractivity contribution is -0.140. The average Bonchev–Trinajstić information content (AvgIpc) is 3.09. The van der Waals surface area contributed by atoms with Gasteiger partial charge < -0.3 is 10.5 Å². The van der Waals surface area contributed by atoms with Crippen molar-refractivity contribution < 1.29 is 23.1 Å². The summed E-state index contributed by atoms with van der Waals surface area (Å²) in [4.78, 5) is 36.8. The fraction of sp³-hybridized carbons (Fsp3) is 0.150. The number of pyridine rings is 1. The van der Waals surface area contributed by atoms with Gasteiger partial charge in [0.05, 0.1) is 17.7 Å². The molecule has 0 aliphatic rings. The number of ether oxygens (including phenoxy) is 1. The molecular weight excluding hydrogens is 402 g/mol. The number of anilines is 1. The number of esters is 1. The maximum Gasteiger partial charge on any atom is 0.302 e. The molecule has 1 aromatic carbocycles. The van der Waals surface area contributed by atoms with E-state index in [-0.39, 0.29) is 29.5 Å². The van der Waals surface area contributed by atoms with Gasteiger partial charge in [-0.2, -0.15) is 0 Å². The fourth-order valence-electron chi connectivity index (χ4n) is 2.71. The highest BCUT2D eigenvalue weighted by atomic mass is 32.1. The molecule has 2 aromatic heterocycles. The van der Waals surface area contributed by atoms with Crippen molar-refractivity contribution in [2.24, 2.45) is 0 Å². The number of thiophene rings is 1. The predicted molar refractivity (Wildman–Crippen MR) is 104 cm³/mol. The standard InChI is InChI=1S/C20H16F2N2O4S/c1-11(25)28-9-8-13-3-7-18(29-13)24-17(26)6-5-15(20(24)23)19(27)14-4-2-12(21)10-16(14)22/h2-7,10H,8-9,23H2,1H3. The van der Waals surface area contributed by atoms with Crippen LogP contribution in [0.2, 0.25) is 0 Å². The van der Waals surface area contributed by atoms with E-state index in [2.05, 4.69) is 0 Å². The Hall–Kier alpha value is -3.33. The summed E-state index contributed by atoms with van der Waals surface area (Å²) in [6.07, 6.45) is 0.457. The second kappa shape index (κ2) is 8.36. The molecule has 2 N–H and O–H groups in total. The molecule has 0 radical (unpaired) electrons. The molecule has 0 aliphatic carbocycles. The summed E-state index contributed by atoms with van der Waals surface area (Å²) in [6.45, 7) is 1.51. The molecule has 0 amide bonds. The third kappa shape index (κ3) is 4.40. The summed E-state index contributed by atoms with van der Waals surface area (Å²) in [5.74, 6) is -3.13. The van der Waals surface area contributed by atoms with Gasteiger partial charge in [0, 0.05) is 30.4 Å². The van der Waals surface area contributed by atoms with Crippen molar-refractivity contribution in [2.45, 2.75) is 13.3 Å². The van der Waals surface area contributed by atoms with Crippen LogP contribution >= 0.6 is 11.3 Å². The van der Waals surface area contributed by atoms with E-state index in [1.807, 2.05) is 0 Å². The van der Waals surface area contributed by atoms with Crippen molar-refractivity contribution in [1.29, 1.82) is 0 Å². The molecule has 2 heterocycles. The molecule has 0 fully saturated rings. The Labute approximate surface area is 168 Å². The summed E-state index contributed by atoms with van der Waals surface area (Å²) in [7, 11) is 0. The minimum Gasteiger partial charge on any atom is -0.465 e. The van der Waals surface area contributed by atoms with E-state index in [1.165, 1.54) is 24.3 Å². The van der Waals surface area contributed by atoms with E-state index < -0.39 is 23.0 Å². The monoisotopic (exact) mass is 418 g/mol. The lowest BCUT2D eigenvalue weighted by Gasteiger charge is -2.11. The molecule has 29 heavy (non-hydrogen) atoms. The van der Waals surface area contributed by atoms with Crippen LogP contribution in [-0.4, -0.2) is 22.9 Å². The van der Waals surface area contributed by atoms with Crippen LogP contribution in [0.4, 0.5) is 14.6 Å². The van der Waals surface area contributed by atoms with Gasteiger partial charge in [-0.15, -0.1) is 11.3 Å². The number of ketones is 1. The molecule has 3 rings (SSSR count). The number of carbonyl (C=O) groups is 2. The lowest BCUT2D eigenvalue weighted by atomic mass is 10.0. The number of nitrogen functional groups attached to an aromatic ring is 1. The minimum absolute atomic E-state index is 0.0787. The zero-order valence-electron chi connectivity index (χ0n) is 15.3. The van der Waals surface area contributed by atoms with Gasteiger partial charge in [-0.3, -0.25) is 19.0 Å². The molecule has 3 aromatic rings. The zero-order chi connectivity index (χ0) is 21.1. The van der Waals surface area contributed by atoms with Crippen molar-refractivity contribution in [2.75, 3.05) is 12.3 Å². The largest absolute Gasteiger partial charge is 0.465 e. The summed E-state index contributed by atoms with van der Waals surface area (Å²) in [5.41, 5.74) is 5.17. The third-order valence-corrected chi connectivity index (χ3v) is 5.20. The van der Waals surface area contributed by atoms with Crippen molar-refractivity contribution in [1.82, 2.24) is 4.57 Å². The number of halogens is 2. The van der Waals surface area contributed by atoms with Crippen LogP contribution in [-0.2, 0) is 16.0 Å². The Kier molecular flexibility index (Phi) is 5.88. The first-order chi connectivity index (χ1) is 13.8. The number of hydrogen-bond acceptors (Lipinski definition) is 6. The summed E-state index contributed by atoms with van der Waals surface area (Å²) in [6, 6.07) is 8.38. The highest BCUT2D eigenvalue weighted by Crippen LogP contribution is 2.25. The van der Waals surface area contributed by atoms with Gasteiger partial charge in [0.1, 0.15) is 22.5 Å². The van der Waals surface area contributed by atoms with Crippen molar-refractivity contribution in [3.63, 3.8) is 0 Å². The van der Waals surface area contributed by atoms with Gasteiger partial charge in [0.15, 0.2) is 5.78 Å². The number of benzene rings is 1. The van der Waals surface area contributed by atoms with Crippen LogP contribution in [0, 0.1) is 11.6 Å². The smallest absolute Gasteiger partial charge is 0.302 e. The van der Waals surface area contributed by atoms with Gasteiger partial charge >= 0.3 is 5.97 Å². The Morgan fingerprint density at radius 3 is 2.52 bits per heavy atom. The van der Waals surface area contributed by atoms with Crippen LogP contribution in [0.3, 0.4) is 0 Å². The van der Waals surface area contributed by atoms with Crippen LogP contribution in [0.5, 0.6) is 0 Å². The Bertz CT molecular complexity index is 1150. The molecule has 0 aliphatic heterocycles. The maximum absolute atomic E-state index is 14.0. The van der Waals surface area contributed by atoms with E-state index in [9.17, 15) is 23.2 Å². The van der Waals surface area contributed by atoms with Crippen molar-refractivity contribution in [3.05, 3.63) is 80.5 Å². The quantitative estimate of drug-likeness (QED) is 0.491. The summed E-state index contributed by atoms with van der Waals surface area (Å²) in [5, 5.41) is 0.458. The number of nitrogens with two attached hydrogens (primary N) is 1. The predicted octanol–water partition coefficient (Wildman–Crippen LogP) is 3.10. The SMILES string of the molecule is CC(=O)OCCc1ccc(-n2c(N)c(C(=O)c3ccc(F)cc3F)ccc2=O)s1. The minimum atomic E-state index is -1.02. The van der Waals surface area contributed by atoms with Crippen LogP contribution in [0.1, 0.15) is 27.7 Å². The second-order valence-corrected chi connectivity index (χ2v) is 7.24. The van der Waals surface area contributed by atoms with Crippen LogP contribution in [0.15, 0.2) is 47.3 Å². The molecule has 0 saturated carbocycles. The molecule has 0 spiro atoms. The van der Waals surface area contributed by atoms with Gasteiger partial charge in [0.25, 0.3) is 5.56 Å². The number of rotatable bonds is 6. The van der Waals surface area contributed by atoms with E-state index in [0.717, 1.165) is 27.6 Å². The summed E-state index contributed by atoms with van der Waals surface area (Å²) < 4.78 is 33.2. The molecule has 9 heteroatoms. The summed E-state index contributed by atoms with van der Waals surface area (Å²) >= 11 is 1.24. The van der Waals surface area contributed by atoms with Gasteiger partial charge in [-0.25, -0.2) is 8.78 Å². The first-order valence-electron chi connectivity index (χ1n) is 8.51. The van der Waals surface area contributed by atoms with Crippen molar-refractivity contribution >= 4 is 28.9 Å². The molecule has 0 saturated heterocycles. The van der Waals surface area contributed by atoms with Gasteiger partial charge in [-0.1, -0.05) is 0 Å². The van der Waals surface area contributed by atoms with Crippen LogP contribution < -0.4 is 11.3 Å². The fourth-order valence-corrected chi connectivity index (χ4v) is 3.71. The molecule has 6 nitrogen and oxygen atoms in total. The molecule has 0 unspecified atom stereocenters. The normalized spacial score (nSPS) is 10.7. The van der Waals surface area contributed by atoms with Crippen molar-refractivity contribution in [3.8, 4) is 5.00 Å². The Morgan fingerprint density at radius 2 is 1.83 bits per heavy atom. The number of nitrogens with zero attached hydrogens (tertiary/aromatic N) is 1. The average molecular weight is 418 g/mol. The highest BCUT2D eigenvalue weighted by Gasteiger charge is 2.20. The zero-order valence-corrected chi connectivity index (χ0v) is 16.1.